The number of pyridine rings is 1. The molecule has 0 unspecified atom stereocenters. The van der Waals surface area contributed by atoms with E-state index in [9.17, 15) is 9.59 Å². The molecule has 34 heavy (non-hydrogen) atoms. The molecule has 0 aliphatic carbocycles. The van der Waals surface area contributed by atoms with Crippen molar-refractivity contribution >= 4 is 34.7 Å². The van der Waals surface area contributed by atoms with Crippen LogP contribution in [0.4, 0.5) is 27.5 Å². The molecule has 4 rings (SSSR count). The smallest absolute Gasteiger partial charge is 0.411 e. The van der Waals surface area contributed by atoms with Crippen molar-refractivity contribution in [2.45, 2.75) is 12.8 Å². The molecule has 1 aliphatic rings. The van der Waals surface area contributed by atoms with Crippen LogP contribution in [0, 0.1) is 12.5 Å². The molecule has 0 radical (unpaired) electrons. The molecule has 0 spiro atoms. The lowest BCUT2D eigenvalue weighted by atomic mass is 9.97. The number of benzene rings is 2. The molecule has 1 saturated heterocycles. The van der Waals surface area contributed by atoms with E-state index in [2.05, 4.69) is 25.4 Å². The molecule has 8 nitrogen and oxygen atoms in total. The SMILES string of the molecule is [C-]#[N+]c1ccc(C(=O)Nc2ccccc2NC(=O)OCC2CCN(c3ccncc3)CC2)cc1. The van der Waals surface area contributed by atoms with Gasteiger partial charge in [-0.2, -0.15) is 0 Å². The number of ether oxygens (including phenoxy) is 1. The normalized spacial score (nSPS) is 13.6. The van der Waals surface area contributed by atoms with Crippen LogP contribution in [-0.2, 0) is 4.74 Å². The number of rotatable bonds is 6. The van der Waals surface area contributed by atoms with Gasteiger partial charge in [-0.05, 0) is 43.0 Å². The highest BCUT2D eigenvalue weighted by molar-refractivity contribution is 6.07. The Morgan fingerprint density at radius 2 is 1.62 bits per heavy atom. The second-order valence-electron chi connectivity index (χ2n) is 8.02. The van der Waals surface area contributed by atoms with Crippen LogP contribution < -0.4 is 15.5 Å². The predicted octanol–water partition coefficient (Wildman–Crippen LogP) is 5.35. The summed E-state index contributed by atoms with van der Waals surface area (Å²) in [6.07, 6.45) is 4.91. The summed E-state index contributed by atoms with van der Waals surface area (Å²) in [5, 5.41) is 5.53. The van der Waals surface area contributed by atoms with E-state index in [0.29, 0.717) is 35.2 Å². The molecule has 172 valence electrons. The van der Waals surface area contributed by atoms with Gasteiger partial charge < -0.3 is 15.0 Å². The van der Waals surface area contributed by atoms with Crippen LogP contribution in [0.15, 0.2) is 73.1 Å². The van der Waals surface area contributed by atoms with E-state index < -0.39 is 6.09 Å². The molecule has 0 bridgehead atoms. The van der Waals surface area contributed by atoms with Gasteiger partial charge in [0, 0.05) is 36.7 Å². The fraction of sp³-hybridized carbons (Fsp3) is 0.231. The number of piperidine rings is 1. The van der Waals surface area contributed by atoms with E-state index in [1.54, 1.807) is 60.9 Å². The summed E-state index contributed by atoms with van der Waals surface area (Å²) >= 11 is 0. The lowest BCUT2D eigenvalue weighted by Crippen LogP contribution is -2.35. The molecule has 0 saturated carbocycles. The molecule has 1 aliphatic heterocycles. The van der Waals surface area contributed by atoms with Crippen molar-refractivity contribution in [2.24, 2.45) is 5.92 Å². The highest BCUT2D eigenvalue weighted by Gasteiger charge is 2.21. The number of anilines is 3. The first-order valence-electron chi connectivity index (χ1n) is 11.1. The van der Waals surface area contributed by atoms with Crippen molar-refractivity contribution in [3.05, 3.63) is 90.0 Å². The molecule has 8 heteroatoms. The van der Waals surface area contributed by atoms with Gasteiger partial charge in [-0.3, -0.25) is 15.1 Å². The van der Waals surface area contributed by atoms with Crippen molar-refractivity contribution in [3.8, 4) is 0 Å². The first-order valence-corrected chi connectivity index (χ1v) is 11.1. The minimum atomic E-state index is -0.556. The van der Waals surface area contributed by atoms with Crippen LogP contribution in [0.2, 0.25) is 0 Å². The summed E-state index contributed by atoms with van der Waals surface area (Å²) in [7, 11) is 0. The third kappa shape index (κ3) is 5.90. The van der Waals surface area contributed by atoms with Gasteiger partial charge in [0.15, 0.2) is 5.69 Å². The average Bonchev–Trinajstić information content (AvgIpc) is 2.89. The first kappa shape index (κ1) is 22.8. The van der Waals surface area contributed by atoms with Gasteiger partial charge in [0.2, 0.25) is 0 Å². The maximum absolute atomic E-state index is 12.6. The molecule has 1 fully saturated rings. The average molecular weight is 456 g/mol. The number of hydrogen-bond donors (Lipinski definition) is 2. The van der Waals surface area contributed by atoms with E-state index in [0.717, 1.165) is 31.6 Å². The van der Waals surface area contributed by atoms with E-state index in [-0.39, 0.29) is 5.91 Å². The number of carbonyl (C=O) groups excluding carboxylic acids is 2. The maximum Gasteiger partial charge on any atom is 0.411 e. The highest BCUT2D eigenvalue weighted by atomic mass is 16.5. The Bertz CT molecular complexity index is 1170. The van der Waals surface area contributed by atoms with Crippen molar-refractivity contribution in [1.29, 1.82) is 0 Å². The van der Waals surface area contributed by atoms with Gasteiger partial charge in [0.1, 0.15) is 0 Å². The van der Waals surface area contributed by atoms with Crippen LogP contribution in [-0.4, -0.2) is 36.7 Å². The fourth-order valence-electron chi connectivity index (χ4n) is 3.84. The summed E-state index contributed by atoms with van der Waals surface area (Å²) in [5.41, 5.74) is 2.95. The number of amides is 2. The van der Waals surface area contributed by atoms with Gasteiger partial charge in [-0.1, -0.05) is 36.4 Å². The van der Waals surface area contributed by atoms with Gasteiger partial charge in [0.05, 0.1) is 24.6 Å². The van der Waals surface area contributed by atoms with Gasteiger partial charge >= 0.3 is 6.09 Å². The molecule has 3 aromatic rings. The first-order chi connectivity index (χ1) is 16.6. The molecule has 2 heterocycles. The number of nitrogens with one attached hydrogen (secondary N) is 2. The van der Waals surface area contributed by atoms with E-state index in [1.807, 2.05) is 12.1 Å². The van der Waals surface area contributed by atoms with Crippen LogP contribution in [0.25, 0.3) is 4.85 Å². The number of para-hydroxylation sites is 2. The van der Waals surface area contributed by atoms with Gasteiger partial charge in [-0.15, -0.1) is 0 Å². The molecule has 2 N–H and O–H groups in total. The molecular weight excluding hydrogens is 430 g/mol. The van der Waals surface area contributed by atoms with Gasteiger partial charge in [0.25, 0.3) is 5.91 Å². The number of carbonyl (C=O) groups is 2. The Kier molecular flexibility index (Phi) is 7.35. The zero-order valence-corrected chi connectivity index (χ0v) is 18.6. The van der Waals surface area contributed by atoms with E-state index in [1.165, 1.54) is 0 Å². The quantitative estimate of drug-likeness (QED) is 0.489. The van der Waals surface area contributed by atoms with Crippen molar-refractivity contribution in [1.82, 2.24) is 4.98 Å². The zero-order chi connectivity index (χ0) is 23.8. The molecule has 1 aromatic heterocycles. The summed E-state index contributed by atoms with van der Waals surface area (Å²) < 4.78 is 5.48. The highest BCUT2D eigenvalue weighted by Crippen LogP contribution is 2.25. The van der Waals surface area contributed by atoms with Crippen molar-refractivity contribution in [2.75, 3.05) is 35.2 Å². The molecule has 2 aromatic carbocycles. The van der Waals surface area contributed by atoms with Gasteiger partial charge in [-0.25, -0.2) is 9.64 Å². The Balaban J connectivity index is 1.27. The summed E-state index contributed by atoms with van der Waals surface area (Å²) in [6, 6.07) is 17.3. The topological polar surface area (TPSA) is 87.9 Å². The Hall–Kier alpha value is -4.38. The fourth-order valence-corrected chi connectivity index (χ4v) is 3.84. The van der Waals surface area contributed by atoms with E-state index in [4.69, 9.17) is 11.3 Å². The second-order valence-corrected chi connectivity index (χ2v) is 8.02. The predicted molar refractivity (Wildman–Crippen MR) is 131 cm³/mol. The minimum Gasteiger partial charge on any atom is -0.449 e. The Labute approximate surface area is 198 Å². The summed E-state index contributed by atoms with van der Waals surface area (Å²) in [6.45, 7) is 9.17. The Morgan fingerprint density at radius 1 is 0.971 bits per heavy atom. The second kappa shape index (κ2) is 11.0. The van der Waals surface area contributed by atoms with Crippen LogP contribution in [0.1, 0.15) is 23.2 Å². The van der Waals surface area contributed by atoms with E-state index >= 15 is 0 Å². The maximum atomic E-state index is 12.6. The minimum absolute atomic E-state index is 0.303. The summed E-state index contributed by atoms with van der Waals surface area (Å²) in [4.78, 5) is 34.7. The third-order valence-corrected chi connectivity index (χ3v) is 5.76. The van der Waals surface area contributed by atoms with Crippen LogP contribution in [0.5, 0.6) is 0 Å². The zero-order valence-electron chi connectivity index (χ0n) is 18.6. The van der Waals surface area contributed by atoms with Crippen LogP contribution >= 0.6 is 0 Å². The monoisotopic (exact) mass is 455 g/mol. The van der Waals surface area contributed by atoms with Crippen molar-refractivity contribution in [3.63, 3.8) is 0 Å². The number of hydrogen-bond acceptors (Lipinski definition) is 5. The summed E-state index contributed by atoms with van der Waals surface area (Å²) in [5.74, 6) is -0.0303. The standard InChI is InChI=1S/C26H25N5O3/c1-27-21-8-6-20(7-9-21)25(32)29-23-4-2-3-5-24(23)30-26(33)34-18-19-12-16-31(17-13-19)22-10-14-28-15-11-22/h2-11,14-15,19H,12-13,16-18H2,(H,29,32)(H,30,33). The largest absolute Gasteiger partial charge is 0.449 e. The number of aromatic nitrogens is 1. The lowest BCUT2D eigenvalue weighted by molar-refractivity contribution is 0.102. The molecule has 0 atom stereocenters. The Morgan fingerprint density at radius 3 is 2.26 bits per heavy atom. The molecule has 2 amide bonds. The van der Waals surface area contributed by atoms with Crippen LogP contribution in [0.3, 0.4) is 0 Å². The van der Waals surface area contributed by atoms with Crippen molar-refractivity contribution < 1.29 is 14.3 Å². The molecular formula is C26H25N5O3. The lowest BCUT2D eigenvalue weighted by Gasteiger charge is -2.33. The number of nitrogens with zero attached hydrogens (tertiary/aromatic N) is 3. The third-order valence-electron chi connectivity index (χ3n) is 5.76.